The maximum Gasteiger partial charge on any atom is 0.509 e. The quantitative estimate of drug-likeness (QED) is 0.0349. The highest BCUT2D eigenvalue weighted by Crippen LogP contribution is 2.45. The predicted molar refractivity (Wildman–Crippen MR) is 199 cm³/mol. The van der Waals surface area contributed by atoms with Crippen molar-refractivity contribution in [1.82, 2.24) is 4.72 Å². The first kappa shape index (κ1) is 39.8. The van der Waals surface area contributed by atoms with E-state index in [1.54, 1.807) is 30.3 Å². The Kier molecular flexibility index (Phi) is 14.8. The summed E-state index contributed by atoms with van der Waals surface area (Å²) in [5.41, 5.74) is 8.01. The smallest absolute Gasteiger partial charge is 0.509 e. The van der Waals surface area contributed by atoms with Crippen molar-refractivity contribution < 1.29 is 42.4 Å². The molecule has 0 heterocycles. The number of hydrogen-bond donors (Lipinski definition) is 5. The number of sulfonamides is 1. The van der Waals surface area contributed by atoms with Crippen molar-refractivity contribution in [2.45, 2.75) is 49.7 Å². The zero-order valence-electron chi connectivity index (χ0n) is 28.2. The Morgan fingerprint density at radius 2 is 1.65 bits per heavy atom. The standard InChI is InChI=1S/C36H43N3O9S3/c1-25(41)32(27-9-3-2-4-10-27)33(38)28-13-15-31(16-14-28)51(44,45)39-34(42)46-18-20-49-50-21-19-47-35(43)48-36(17-6-5-11-30(36)23-37)29-12-7-8-26(22-29)24-40/h2-4,7-10,12-16,22,30,38,40-41H,5-6,11,17-21,23-24,37H2,1H3,(H,39,42)/b32-25-,38-33?/t30-,36+/m1/s1. The van der Waals surface area contributed by atoms with Gasteiger partial charge in [0.25, 0.3) is 10.0 Å². The normalized spacial score (nSPS) is 17.9. The molecule has 3 aromatic carbocycles. The third kappa shape index (κ3) is 10.7. The molecule has 0 saturated heterocycles. The van der Waals surface area contributed by atoms with Gasteiger partial charge < -0.3 is 30.2 Å². The minimum atomic E-state index is -4.24. The summed E-state index contributed by atoms with van der Waals surface area (Å²) in [4.78, 5) is 24.8. The van der Waals surface area contributed by atoms with Crippen molar-refractivity contribution >= 4 is 55.1 Å². The minimum Gasteiger partial charge on any atom is -0.512 e. The van der Waals surface area contributed by atoms with Gasteiger partial charge in [0.15, 0.2) is 0 Å². The molecule has 3 aromatic rings. The second-order valence-corrected chi connectivity index (χ2v) is 16.1. The van der Waals surface area contributed by atoms with E-state index in [2.05, 4.69) is 0 Å². The van der Waals surface area contributed by atoms with Crippen molar-refractivity contribution in [2.24, 2.45) is 11.7 Å². The fourth-order valence-corrected chi connectivity index (χ4v) is 8.48. The molecule has 0 bridgehead atoms. The number of nitrogens with two attached hydrogens (primary N) is 1. The van der Waals surface area contributed by atoms with Gasteiger partial charge in [-0.25, -0.2) is 22.7 Å². The summed E-state index contributed by atoms with van der Waals surface area (Å²) < 4.78 is 43.8. The van der Waals surface area contributed by atoms with Gasteiger partial charge in [-0.05, 0) is 67.6 Å². The van der Waals surface area contributed by atoms with E-state index in [1.807, 2.05) is 29.0 Å². The maximum absolute atomic E-state index is 12.8. The molecule has 4 rings (SSSR count). The van der Waals surface area contributed by atoms with E-state index in [4.69, 9.17) is 25.4 Å². The number of aliphatic hydroxyl groups is 2. The number of allylic oxidation sites excluding steroid dienone is 2. The summed E-state index contributed by atoms with van der Waals surface area (Å²) in [6, 6.07) is 21.6. The Balaban J connectivity index is 1.17. The second kappa shape index (κ2) is 19.0. The average Bonchev–Trinajstić information content (AvgIpc) is 3.13. The number of nitrogens with one attached hydrogen (secondary N) is 2. The minimum absolute atomic E-state index is 0.00823. The highest BCUT2D eigenvalue weighted by Gasteiger charge is 2.45. The molecule has 1 aliphatic carbocycles. The summed E-state index contributed by atoms with van der Waals surface area (Å²) >= 11 is 0. The van der Waals surface area contributed by atoms with E-state index in [1.165, 1.54) is 52.8 Å². The monoisotopic (exact) mass is 757 g/mol. The Hall–Kier alpha value is -4.02. The number of ether oxygens (including phenoxy) is 3. The van der Waals surface area contributed by atoms with Crippen LogP contribution in [0.25, 0.3) is 5.57 Å². The summed E-state index contributed by atoms with van der Waals surface area (Å²) in [5, 5.41) is 28.4. The van der Waals surface area contributed by atoms with Crippen LogP contribution in [0.2, 0.25) is 0 Å². The molecule has 0 spiro atoms. The Labute approximate surface area is 306 Å². The molecule has 15 heteroatoms. The van der Waals surface area contributed by atoms with Gasteiger partial charge in [0.2, 0.25) is 0 Å². The number of rotatable bonds is 16. The van der Waals surface area contributed by atoms with E-state index < -0.39 is 27.9 Å². The van der Waals surface area contributed by atoms with Gasteiger partial charge in [-0.1, -0.05) is 88.7 Å². The highest BCUT2D eigenvalue weighted by atomic mass is 33.1. The van der Waals surface area contributed by atoms with Gasteiger partial charge in [0.1, 0.15) is 18.8 Å². The van der Waals surface area contributed by atoms with Crippen LogP contribution in [0.4, 0.5) is 9.59 Å². The lowest BCUT2D eigenvalue weighted by atomic mass is 9.71. The topological polar surface area (TPSA) is 198 Å². The number of benzene rings is 3. The summed E-state index contributed by atoms with van der Waals surface area (Å²) in [6.45, 7) is 1.70. The van der Waals surface area contributed by atoms with Crippen molar-refractivity contribution in [3.63, 3.8) is 0 Å². The van der Waals surface area contributed by atoms with E-state index >= 15 is 0 Å². The van der Waals surface area contributed by atoms with Gasteiger partial charge in [0.05, 0.1) is 23.0 Å². The molecule has 1 amide bonds. The first-order chi connectivity index (χ1) is 24.5. The first-order valence-corrected chi connectivity index (χ1v) is 20.3. The molecule has 2 atom stereocenters. The molecular weight excluding hydrogens is 715 g/mol. The molecule has 0 aliphatic heterocycles. The van der Waals surface area contributed by atoms with Crippen LogP contribution in [0.3, 0.4) is 0 Å². The number of amides is 1. The van der Waals surface area contributed by atoms with E-state index in [0.717, 1.165) is 30.4 Å². The zero-order chi connectivity index (χ0) is 36.9. The lowest BCUT2D eigenvalue weighted by molar-refractivity contribution is -0.0901. The molecule has 1 saturated carbocycles. The Morgan fingerprint density at radius 1 is 0.961 bits per heavy atom. The molecule has 274 valence electrons. The van der Waals surface area contributed by atoms with Crippen molar-refractivity contribution in [3.05, 3.63) is 107 Å². The van der Waals surface area contributed by atoms with Crippen molar-refractivity contribution in [3.8, 4) is 0 Å². The largest absolute Gasteiger partial charge is 0.512 e. The van der Waals surface area contributed by atoms with E-state index in [0.29, 0.717) is 41.2 Å². The molecule has 12 nitrogen and oxygen atoms in total. The third-order valence-electron chi connectivity index (χ3n) is 8.37. The lowest BCUT2D eigenvalue weighted by Crippen LogP contribution is -2.45. The fraction of sp³-hybridized carbons (Fsp3) is 0.361. The molecule has 51 heavy (non-hydrogen) atoms. The van der Waals surface area contributed by atoms with E-state index in [9.17, 15) is 28.2 Å². The van der Waals surface area contributed by atoms with Crippen LogP contribution in [0.1, 0.15) is 54.9 Å². The van der Waals surface area contributed by atoms with Crippen molar-refractivity contribution in [1.29, 1.82) is 5.41 Å². The lowest BCUT2D eigenvalue weighted by Gasteiger charge is -2.43. The van der Waals surface area contributed by atoms with Gasteiger partial charge in [-0.2, -0.15) is 0 Å². The zero-order valence-corrected chi connectivity index (χ0v) is 30.7. The number of carbonyl (C=O) groups excluding carboxylic acids is 2. The van der Waals surface area contributed by atoms with Crippen LogP contribution < -0.4 is 10.5 Å². The predicted octanol–water partition coefficient (Wildman–Crippen LogP) is 6.53. The van der Waals surface area contributed by atoms with Crippen LogP contribution in [-0.4, -0.2) is 67.9 Å². The van der Waals surface area contributed by atoms with Crippen molar-refractivity contribution in [2.75, 3.05) is 31.3 Å². The van der Waals surface area contributed by atoms with Gasteiger partial charge >= 0.3 is 12.2 Å². The molecule has 1 fully saturated rings. The summed E-state index contributed by atoms with van der Waals surface area (Å²) in [6.07, 6.45) is 1.34. The molecule has 1 aliphatic rings. The molecular formula is C36H43N3O9S3. The summed E-state index contributed by atoms with van der Waals surface area (Å²) in [7, 11) is -1.50. The molecule has 6 N–H and O–H groups in total. The third-order valence-corrected chi connectivity index (χ3v) is 12.0. The van der Waals surface area contributed by atoms with Crippen LogP contribution >= 0.6 is 21.6 Å². The molecule has 0 aromatic heterocycles. The maximum atomic E-state index is 12.8. The van der Waals surface area contributed by atoms with Crippen LogP contribution in [0.5, 0.6) is 0 Å². The first-order valence-electron chi connectivity index (χ1n) is 16.4. The van der Waals surface area contributed by atoms with E-state index in [-0.39, 0.29) is 42.1 Å². The molecule has 0 unspecified atom stereocenters. The highest BCUT2D eigenvalue weighted by molar-refractivity contribution is 8.76. The van der Waals surface area contributed by atoms with Gasteiger partial charge in [-0.15, -0.1) is 0 Å². The molecule has 0 radical (unpaired) electrons. The van der Waals surface area contributed by atoms with Crippen LogP contribution in [0, 0.1) is 11.3 Å². The Bertz CT molecular complexity index is 1780. The van der Waals surface area contributed by atoms with Gasteiger partial charge in [-0.3, -0.25) is 5.41 Å². The Morgan fingerprint density at radius 3 is 2.29 bits per heavy atom. The fourth-order valence-electron chi connectivity index (χ4n) is 5.94. The summed E-state index contributed by atoms with van der Waals surface area (Å²) in [5.74, 6) is 0.647. The van der Waals surface area contributed by atoms with Crippen LogP contribution in [0.15, 0.2) is 89.5 Å². The van der Waals surface area contributed by atoms with Crippen LogP contribution in [-0.2, 0) is 36.4 Å². The van der Waals surface area contributed by atoms with Gasteiger partial charge in [0, 0.05) is 28.6 Å². The number of hydrogen-bond acceptors (Lipinski definition) is 13. The SMILES string of the molecule is C/C(O)=C(/C(=N)c1ccc(S(=O)(=O)NC(=O)OCCSSCCOC(=O)O[C@]2(c3cccc(CO)c3)CCCC[C@@H]2CN)cc1)c1ccccc1. The second-order valence-electron chi connectivity index (χ2n) is 11.7. The average molecular weight is 758 g/mol. The number of carbonyl (C=O) groups is 2. The number of aliphatic hydroxyl groups excluding tert-OH is 2.